The molecular formula is C21H24N2O3S. The van der Waals surface area contributed by atoms with Crippen LogP contribution in [0.15, 0.2) is 48.5 Å². The fourth-order valence-electron chi connectivity index (χ4n) is 3.19. The fraction of sp³-hybridized carbons (Fsp3) is 0.333. The Kier molecular flexibility index (Phi) is 5.65. The van der Waals surface area contributed by atoms with Gasteiger partial charge in [-0.15, -0.1) is 0 Å². The first-order chi connectivity index (χ1) is 12.9. The van der Waals surface area contributed by atoms with E-state index in [1.54, 1.807) is 25.1 Å². The van der Waals surface area contributed by atoms with Crippen molar-refractivity contribution in [2.75, 3.05) is 11.9 Å². The van der Waals surface area contributed by atoms with Gasteiger partial charge in [0.1, 0.15) is 11.4 Å². The van der Waals surface area contributed by atoms with Crippen LogP contribution in [0.2, 0.25) is 0 Å². The van der Waals surface area contributed by atoms with E-state index in [4.69, 9.17) is 21.7 Å². The maximum atomic E-state index is 11.9. The molecule has 0 unspecified atom stereocenters. The van der Waals surface area contributed by atoms with Crippen LogP contribution in [0, 0.1) is 0 Å². The van der Waals surface area contributed by atoms with E-state index >= 15 is 0 Å². The minimum Gasteiger partial charge on any atom is -0.487 e. The number of nitrogens with one attached hydrogen (secondary N) is 2. The summed E-state index contributed by atoms with van der Waals surface area (Å²) in [6.45, 7) is 6.26. The summed E-state index contributed by atoms with van der Waals surface area (Å²) in [5.74, 6) is 0.526. The van der Waals surface area contributed by atoms with Crippen molar-refractivity contribution in [1.82, 2.24) is 5.32 Å². The third kappa shape index (κ3) is 4.77. The molecule has 2 N–H and O–H groups in total. The molecule has 142 valence electrons. The number of hydrogen-bond donors (Lipinski definition) is 2. The molecule has 27 heavy (non-hydrogen) atoms. The molecule has 0 fully saturated rings. The van der Waals surface area contributed by atoms with Gasteiger partial charge in [0, 0.05) is 17.7 Å². The number of carbonyl (C=O) groups is 1. The van der Waals surface area contributed by atoms with Crippen LogP contribution in [0.1, 0.15) is 49.2 Å². The molecule has 0 saturated carbocycles. The van der Waals surface area contributed by atoms with Gasteiger partial charge in [-0.05, 0) is 57.3 Å². The summed E-state index contributed by atoms with van der Waals surface area (Å²) in [7, 11) is 0. The first-order valence-electron chi connectivity index (χ1n) is 9.00. The van der Waals surface area contributed by atoms with Gasteiger partial charge in [-0.2, -0.15) is 0 Å². The average Bonchev–Trinajstić information content (AvgIpc) is 2.61. The molecule has 2 aromatic rings. The van der Waals surface area contributed by atoms with E-state index in [1.807, 2.05) is 30.3 Å². The van der Waals surface area contributed by atoms with E-state index < -0.39 is 0 Å². The molecule has 5 nitrogen and oxygen atoms in total. The van der Waals surface area contributed by atoms with Crippen molar-refractivity contribution in [3.05, 3.63) is 59.7 Å². The van der Waals surface area contributed by atoms with Gasteiger partial charge in [0.25, 0.3) is 0 Å². The number of anilines is 1. The van der Waals surface area contributed by atoms with Crippen molar-refractivity contribution >= 4 is 29.0 Å². The summed E-state index contributed by atoms with van der Waals surface area (Å²) in [6, 6.07) is 15.1. The van der Waals surface area contributed by atoms with Gasteiger partial charge in [0.05, 0.1) is 18.2 Å². The predicted octanol–water partition coefficient (Wildman–Crippen LogP) is 4.45. The summed E-state index contributed by atoms with van der Waals surface area (Å²) >= 11 is 5.50. The quantitative estimate of drug-likeness (QED) is 0.600. The Bertz CT molecular complexity index is 851. The number of hydrogen-bond acceptors (Lipinski definition) is 4. The van der Waals surface area contributed by atoms with Gasteiger partial charge in [0.15, 0.2) is 5.11 Å². The van der Waals surface area contributed by atoms with Crippen LogP contribution in [0.25, 0.3) is 0 Å². The van der Waals surface area contributed by atoms with E-state index in [0.717, 1.165) is 23.4 Å². The molecule has 3 rings (SSSR count). The number of rotatable bonds is 4. The second-order valence-corrected chi connectivity index (χ2v) is 7.46. The molecule has 0 saturated heterocycles. The lowest BCUT2D eigenvalue weighted by atomic mass is 9.90. The fourth-order valence-corrected chi connectivity index (χ4v) is 3.45. The van der Waals surface area contributed by atoms with E-state index in [2.05, 4.69) is 24.5 Å². The van der Waals surface area contributed by atoms with Crippen LogP contribution in [-0.2, 0) is 4.74 Å². The maximum Gasteiger partial charge on any atom is 0.338 e. The zero-order chi connectivity index (χ0) is 19.4. The number of carbonyl (C=O) groups excluding carboxylic acids is 1. The average molecular weight is 385 g/mol. The zero-order valence-electron chi connectivity index (χ0n) is 15.7. The van der Waals surface area contributed by atoms with Crippen molar-refractivity contribution in [3.8, 4) is 5.75 Å². The first kappa shape index (κ1) is 19.2. The van der Waals surface area contributed by atoms with E-state index in [0.29, 0.717) is 17.3 Å². The van der Waals surface area contributed by atoms with Crippen molar-refractivity contribution in [2.45, 2.75) is 38.8 Å². The number of ether oxygens (including phenoxy) is 2. The van der Waals surface area contributed by atoms with Crippen molar-refractivity contribution in [3.63, 3.8) is 0 Å². The number of para-hydroxylation sites is 1. The minimum absolute atomic E-state index is 0.0400. The molecule has 1 aliphatic heterocycles. The standard InChI is InChI=1S/C21H24N2O3S/c1-4-25-19(24)14-8-7-9-15(12-14)22-20(27)23-17-13-21(2,3)26-18-11-6-5-10-16(17)18/h5-12,17H,4,13H2,1-3H3,(H2,22,23,27)/t17-/m1/s1. The third-order valence-corrected chi connectivity index (χ3v) is 4.53. The van der Waals surface area contributed by atoms with Gasteiger partial charge in [-0.1, -0.05) is 24.3 Å². The summed E-state index contributed by atoms with van der Waals surface area (Å²) in [4.78, 5) is 11.9. The lowest BCUT2D eigenvalue weighted by Crippen LogP contribution is -2.42. The largest absolute Gasteiger partial charge is 0.487 e. The van der Waals surface area contributed by atoms with Gasteiger partial charge in [-0.25, -0.2) is 4.79 Å². The number of benzene rings is 2. The number of fused-ring (bicyclic) bond motifs is 1. The summed E-state index contributed by atoms with van der Waals surface area (Å²) in [5, 5.41) is 7.03. The maximum absolute atomic E-state index is 11.9. The summed E-state index contributed by atoms with van der Waals surface area (Å²) < 4.78 is 11.1. The molecule has 0 aliphatic carbocycles. The highest BCUT2D eigenvalue weighted by Crippen LogP contribution is 2.39. The summed E-state index contributed by atoms with van der Waals surface area (Å²) in [5.41, 5.74) is 2.02. The second kappa shape index (κ2) is 7.96. The van der Waals surface area contributed by atoms with Gasteiger partial charge in [0.2, 0.25) is 0 Å². The highest BCUT2D eigenvalue weighted by atomic mass is 32.1. The zero-order valence-corrected chi connectivity index (χ0v) is 16.6. The normalized spacial score (nSPS) is 17.2. The number of esters is 1. The number of thiocarbonyl (C=S) groups is 1. The Morgan fingerprint density at radius 1 is 1.26 bits per heavy atom. The van der Waals surface area contributed by atoms with Crippen molar-refractivity contribution < 1.29 is 14.3 Å². The van der Waals surface area contributed by atoms with Crippen molar-refractivity contribution in [2.24, 2.45) is 0 Å². The van der Waals surface area contributed by atoms with Gasteiger partial charge < -0.3 is 20.1 Å². The van der Waals surface area contributed by atoms with E-state index in [-0.39, 0.29) is 17.6 Å². The molecular weight excluding hydrogens is 360 g/mol. The molecule has 0 amide bonds. The lowest BCUT2D eigenvalue weighted by Gasteiger charge is -2.38. The van der Waals surface area contributed by atoms with E-state index in [9.17, 15) is 4.79 Å². The highest BCUT2D eigenvalue weighted by molar-refractivity contribution is 7.80. The van der Waals surface area contributed by atoms with Crippen LogP contribution in [0.3, 0.4) is 0 Å². The Morgan fingerprint density at radius 2 is 2.04 bits per heavy atom. The Morgan fingerprint density at radius 3 is 2.81 bits per heavy atom. The molecule has 0 aromatic heterocycles. The van der Waals surface area contributed by atoms with Crippen LogP contribution in [0.4, 0.5) is 5.69 Å². The minimum atomic E-state index is -0.347. The lowest BCUT2D eigenvalue weighted by molar-refractivity contribution is 0.0526. The highest BCUT2D eigenvalue weighted by Gasteiger charge is 2.33. The monoisotopic (exact) mass is 384 g/mol. The Balaban J connectivity index is 1.71. The molecule has 0 spiro atoms. The Hall–Kier alpha value is -2.60. The molecule has 6 heteroatoms. The van der Waals surface area contributed by atoms with E-state index in [1.165, 1.54) is 0 Å². The molecule has 1 aliphatic rings. The molecule has 0 bridgehead atoms. The van der Waals surface area contributed by atoms with Gasteiger partial charge >= 0.3 is 5.97 Å². The SMILES string of the molecule is CCOC(=O)c1cccc(NC(=S)N[C@@H]2CC(C)(C)Oc3ccccc32)c1. The predicted molar refractivity (Wildman–Crippen MR) is 110 cm³/mol. The third-order valence-electron chi connectivity index (χ3n) is 4.31. The molecule has 2 aromatic carbocycles. The van der Waals surface area contributed by atoms with Crippen LogP contribution in [-0.4, -0.2) is 23.3 Å². The Labute approximate surface area is 165 Å². The molecule has 1 atom stereocenters. The summed E-state index contributed by atoms with van der Waals surface area (Å²) in [6.07, 6.45) is 0.786. The van der Waals surface area contributed by atoms with Crippen LogP contribution < -0.4 is 15.4 Å². The molecule has 0 radical (unpaired) electrons. The van der Waals surface area contributed by atoms with Crippen molar-refractivity contribution in [1.29, 1.82) is 0 Å². The topological polar surface area (TPSA) is 59.6 Å². The second-order valence-electron chi connectivity index (χ2n) is 7.06. The molecule has 1 heterocycles. The van der Waals surface area contributed by atoms with Crippen LogP contribution in [0.5, 0.6) is 5.75 Å². The first-order valence-corrected chi connectivity index (χ1v) is 9.41. The smallest absolute Gasteiger partial charge is 0.338 e. The van der Waals surface area contributed by atoms with Crippen LogP contribution >= 0.6 is 12.2 Å². The van der Waals surface area contributed by atoms with Gasteiger partial charge in [-0.3, -0.25) is 0 Å².